The summed E-state index contributed by atoms with van der Waals surface area (Å²) in [5.74, 6) is 0.0471. The Hall–Kier alpha value is -3.17. The van der Waals surface area contributed by atoms with Crippen molar-refractivity contribution in [1.82, 2.24) is 9.62 Å². The number of rotatable bonds is 8. The molecule has 3 rings (SSSR count). The van der Waals surface area contributed by atoms with Crippen molar-refractivity contribution in [3.05, 3.63) is 70.8 Å². The van der Waals surface area contributed by atoms with Crippen LogP contribution in [0.25, 0.3) is 5.70 Å². The normalized spacial score (nSPS) is 15.2. The lowest BCUT2D eigenvalue weighted by atomic mass is 10.00. The zero-order valence-electron chi connectivity index (χ0n) is 20.5. The highest BCUT2D eigenvalue weighted by Crippen LogP contribution is 2.21. The van der Waals surface area contributed by atoms with Gasteiger partial charge in [0.1, 0.15) is 6.10 Å². The third-order valence-electron chi connectivity index (χ3n) is 6.25. The van der Waals surface area contributed by atoms with Crippen molar-refractivity contribution < 1.29 is 17.9 Å². The van der Waals surface area contributed by atoms with Crippen LogP contribution in [0.2, 0.25) is 0 Å². The number of hydrogen-bond acceptors (Lipinski definition) is 6. The van der Waals surface area contributed by atoms with Gasteiger partial charge in [0.15, 0.2) is 0 Å². The Morgan fingerprint density at radius 2 is 1.80 bits per heavy atom. The molecule has 0 aliphatic carbocycles. The number of amides is 1. The number of likely N-dealkylation sites (tertiary alicyclic amines) is 1. The molecule has 8 nitrogen and oxygen atoms in total. The van der Waals surface area contributed by atoms with Gasteiger partial charge in [0.2, 0.25) is 21.8 Å². The maximum Gasteiger partial charge on any atom is 0.240 e. The summed E-state index contributed by atoms with van der Waals surface area (Å²) in [5.41, 5.74) is 10.6. The average molecular weight is 499 g/mol. The van der Waals surface area contributed by atoms with E-state index >= 15 is 0 Å². The maximum absolute atomic E-state index is 12.7. The number of nitrogens with zero attached hydrogens (tertiary/aromatic N) is 1. The Bertz CT molecular complexity index is 1200. The van der Waals surface area contributed by atoms with Gasteiger partial charge >= 0.3 is 0 Å². The smallest absolute Gasteiger partial charge is 0.240 e. The molecule has 0 atom stereocenters. The van der Waals surface area contributed by atoms with Gasteiger partial charge in [-0.15, -0.1) is 0 Å². The van der Waals surface area contributed by atoms with Crippen molar-refractivity contribution in [1.29, 1.82) is 5.41 Å². The SMILES string of the molecule is CNS(=O)(=O)c1cccc(CCC(=O)N2CCC(OC(=N)/C=C(\N)c3c(C)cccc3C)CC2)c1. The number of carbonyl (C=O) groups excluding carboxylic acids is 1. The Labute approximate surface area is 207 Å². The topological polar surface area (TPSA) is 126 Å². The molecule has 2 aromatic rings. The van der Waals surface area contributed by atoms with Gasteiger partial charge < -0.3 is 15.4 Å². The Morgan fingerprint density at radius 3 is 2.43 bits per heavy atom. The Morgan fingerprint density at radius 1 is 1.17 bits per heavy atom. The van der Waals surface area contributed by atoms with Crippen LogP contribution in [0.15, 0.2) is 53.4 Å². The van der Waals surface area contributed by atoms with Crippen molar-refractivity contribution in [2.24, 2.45) is 5.73 Å². The van der Waals surface area contributed by atoms with E-state index in [0.29, 0.717) is 44.5 Å². The number of ether oxygens (including phenoxy) is 1. The van der Waals surface area contributed by atoms with Gasteiger partial charge in [-0.2, -0.15) is 0 Å². The molecular weight excluding hydrogens is 464 g/mol. The number of piperidine rings is 1. The van der Waals surface area contributed by atoms with Gasteiger partial charge in [-0.05, 0) is 56.1 Å². The van der Waals surface area contributed by atoms with Crippen LogP contribution < -0.4 is 10.5 Å². The summed E-state index contributed by atoms with van der Waals surface area (Å²) in [6, 6.07) is 12.6. The highest BCUT2D eigenvalue weighted by atomic mass is 32.2. The zero-order chi connectivity index (χ0) is 25.6. The van der Waals surface area contributed by atoms with Gasteiger partial charge in [0.05, 0.1) is 4.90 Å². The quantitative estimate of drug-likeness (QED) is 0.381. The molecule has 0 radical (unpaired) electrons. The lowest BCUT2D eigenvalue weighted by molar-refractivity contribution is -0.133. The molecule has 35 heavy (non-hydrogen) atoms. The fourth-order valence-electron chi connectivity index (χ4n) is 4.32. The summed E-state index contributed by atoms with van der Waals surface area (Å²) in [6.07, 6.45) is 3.46. The summed E-state index contributed by atoms with van der Waals surface area (Å²) < 4.78 is 32.1. The van der Waals surface area contributed by atoms with Gasteiger partial charge in [-0.1, -0.05) is 30.3 Å². The molecular formula is C26H34N4O4S. The van der Waals surface area contributed by atoms with Crippen LogP contribution in [0.3, 0.4) is 0 Å². The van der Waals surface area contributed by atoms with E-state index in [1.54, 1.807) is 23.1 Å². The largest absolute Gasteiger partial charge is 0.475 e. The van der Waals surface area contributed by atoms with Crippen molar-refractivity contribution in [2.45, 2.75) is 50.5 Å². The van der Waals surface area contributed by atoms with E-state index < -0.39 is 10.0 Å². The van der Waals surface area contributed by atoms with E-state index in [9.17, 15) is 13.2 Å². The molecule has 1 aliphatic heterocycles. The van der Waals surface area contributed by atoms with Crippen molar-refractivity contribution >= 4 is 27.5 Å². The standard InChI is InChI=1S/C26H34N4O4S/c1-18-6-4-7-19(2)26(18)23(27)17-24(28)34-21-12-14-30(15-13-21)25(31)11-10-20-8-5-9-22(16-20)35(32,33)29-3/h4-9,16-17,21,28-29H,10-15,27H2,1-3H3/b23-17-,28-24?. The summed E-state index contributed by atoms with van der Waals surface area (Å²) in [5, 5.41) is 8.21. The first-order valence-electron chi connectivity index (χ1n) is 11.7. The first kappa shape index (κ1) is 26.4. The molecule has 0 spiro atoms. The second kappa shape index (κ2) is 11.5. The predicted octanol–water partition coefficient (Wildman–Crippen LogP) is 3.13. The van der Waals surface area contributed by atoms with Gasteiger partial charge in [-0.3, -0.25) is 10.2 Å². The van der Waals surface area contributed by atoms with Crippen molar-refractivity contribution in [3.63, 3.8) is 0 Å². The lowest BCUT2D eigenvalue weighted by Crippen LogP contribution is -2.41. The van der Waals surface area contributed by atoms with Crippen LogP contribution in [-0.4, -0.2) is 51.4 Å². The lowest BCUT2D eigenvalue weighted by Gasteiger charge is -2.32. The predicted molar refractivity (Wildman–Crippen MR) is 138 cm³/mol. The minimum atomic E-state index is -3.51. The number of aryl methyl sites for hydroxylation is 3. The van der Waals surface area contributed by atoms with Crippen LogP contribution in [0.1, 0.15) is 41.5 Å². The monoisotopic (exact) mass is 498 g/mol. The molecule has 1 heterocycles. The third kappa shape index (κ3) is 6.93. The number of sulfonamides is 1. The molecule has 188 valence electrons. The molecule has 1 saturated heterocycles. The average Bonchev–Trinajstić information content (AvgIpc) is 2.83. The van der Waals surface area contributed by atoms with Gasteiger partial charge in [-0.25, -0.2) is 13.1 Å². The molecule has 1 amide bonds. The number of hydrogen-bond donors (Lipinski definition) is 3. The molecule has 0 unspecified atom stereocenters. The van der Waals surface area contributed by atoms with Crippen LogP contribution in [-0.2, 0) is 26.0 Å². The van der Waals surface area contributed by atoms with Gasteiger partial charge in [0, 0.05) is 49.7 Å². The van der Waals surface area contributed by atoms with Crippen molar-refractivity contribution in [3.8, 4) is 0 Å². The van der Waals surface area contributed by atoms with E-state index in [2.05, 4.69) is 4.72 Å². The number of benzene rings is 2. The van der Waals surface area contributed by atoms with Gasteiger partial charge in [0.25, 0.3) is 0 Å². The summed E-state index contributed by atoms with van der Waals surface area (Å²) >= 11 is 0. The van der Waals surface area contributed by atoms with Crippen LogP contribution >= 0.6 is 0 Å². The maximum atomic E-state index is 12.7. The summed E-state index contributed by atoms with van der Waals surface area (Å²) in [6.45, 7) is 5.09. The van der Waals surface area contributed by atoms with E-state index in [0.717, 1.165) is 22.3 Å². The Kier molecular flexibility index (Phi) is 8.69. The number of carbonyl (C=O) groups is 1. The molecule has 2 aromatic carbocycles. The minimum absolute atomic E-state index is 0.0198. The van der Waals surface area contributed by atoms with E-state index in [1.165, 1.54) is 13.1 Å². The summed E-state index contributed by atoms with van der Waals surface area (Å²) in [4.78, 5) is 14.7. The number of nitrogens with one attached hydrogen (secondary N) is 2. The second-order valence-electron chi connectivity index (χ2n) is 8.78. The first-order chi connectivity index (χ1) is 16.6. The molecule has 0 bridgehead atoms. The fourth-order valence-corrected chi connectivity index (χ4v) is 5.12. The highest BCUT2D eigenvalue weighted by molar-refractivity contribution is 7.89. The molecule has 9 heteroatoms. The first-order valence-corrected chi connectivity index (χ1v) is 13.2. The van der Waals surface area contributed by atoms with Crippen molar-refractivity contribution in [2.75, 3.05) is 20.1 Å². The zero-order valence-corrected chi connectivity index (χ0v) is 21.3. The van der Waals surface area contributed by atoms with Crippen LogP contribution in [0, 0.1) is 19.3 Å². The highest BCUT2D eigenvalue weighted by Gasteiger charge is 2.24. The molecule has 0 saturated carbocycles. The summed E-state index contributed by atoms with van der Waals surface area (Å²) in [7, 11) is -2.14. The minimum Gasteiger partial charge on any atom is -0.475 e. The number of nitrogens with two attached hydrogens (primary N) is 1. The second-order valence-corrected chi connectivity index (χ2v) is 10.7. The van der Waals surface area contributed by atoms with E-state index in [1.807, 2.05) is 38.1 Å². The van der Waals surface area contributed by atoms with E-state index in [4.69, 9.17) is 15.9 Å². The fraction of sp³-hybridized carbons (Fsp3) is 0.385. The molecule has 4 N–H and O–H groups in total. The van der Waals surface area contributed by atoms with E-state index in [-0.39, 0.29) is 22.8 Å². The van der Waals surface area contributed by atoms with Crippen LogP contribution in [0.5, 0.6) is 0 Å². The molecule has 1 aliphatic rings. The third-order valence-corrected chi connectivity index (χ3v) is 7.66. The van der Waals surface area contributed by atoms with Crippen LogP contribution in [0.4, 0.5) is 0 Å². The Balaban J connectivity index is 1.49. The molecule has 0 aromatic heterocycles. The molecule has 1 fully saturated rings.